The molecule has 2 aliphatic heterocycles. The van der Waals surface area contributed by atoms with Crippen LogP contribution in [0.5, 0.6) is 0 Å². The highest BCUT2D eigenvalue weighted by atomic mass is 35.5. The van der Waals surface area contributed by atoms with Crippen LogP contribution in [0.15, 0.2) is 21.5 Å². The van der Waals surface area contributed by atoms with Crippen molar-refractivity contribution < 1.29 is 0 Å². The largest absolute Gasteiger partial charge is 0.264 e. The zero-order valence-electron chi connectivity index (χ0n) is 5.07. The first kappa shape index (κ1) is 6.43. The number of aliphatic imine (C=N–C) groups is 2. The van der Waals surface area contributed by atoms with E-state index < -0.39 is 0 Å². The molecule has 52 valence electrons. The molecule has 0 N–H and O–H groups in total. The third-order valence-electron chi connectivity index (χ3n) is 1.47. The molecule has 0 saturated heterocycles. The van der Waals surface area contributed by atoms with Crippen molar-refractivity contribution in [3.05, 3.63) is 11.5 Å². The maximum Gasteiger partial charge on any atom is 0.123 e. The van der Waals surface area contributed by atoms with Gasteiger partial charge in [0.05, 0.1) is 11.3 Å². The van der Waals surface area contributed by atoms with Crippen molar-refractivity contribution in [1.29, 1.82) is 0 Å². The highest BCUT2D eigenvalue weighted by Crippen LogP contribution is 2.30. The van der Waals surface area contributed by atoms with Crippen LogP contribution in [-0.4, -0.2) is 22.8 Å². The number of thioether (sulfide) groups is 1. The Morgan fingerprint density at radius 2 is 2.50 bits per heavy atom. The van der Waals surface area contributed by atoms with Gasteiger partial charge in [-0.1, -0.05) is 17.7 Å². The summed E-state index contributed by atoms with van der Waals surface area (Å²) in [4.78, 5) is 8.04. The second-order valence-electron chi connectivity index (χ2n) is 2.09. The Morgan fingerprint density at radius 1 is 1.60 bits per heavy atom. The minimum Gasteiger partial charge on any atom is -0.264 e. The lowest BCUT2D eigenvalue weighted by Gasteiger charge is -2.14. The van der Waals surface area contributed by atoms with Crippen molar-refractivity contribution in [3.8, 4) is 0 Å². The fourth-order valence-electron chi connectivity index (χ4n) is 0.956. The van der Waals surface area contributed by atoms with Crippen LogP contribution in [0.2, 0.25) is 0 Å². The molecule has 2 aliphatic rings. The van der Waals surface area contributed by atoms with E-state index in [2.05, 4.69) is 9.98 Å². The number of fused-ring (bicyclic) bond motifs is 1. The third-order valence-corrected chi connectivity index (χ3v) is 3.04. The Balaban J connectivity index is 2.29. The van der Waals surface area contributed by atoms with Crippen LogP contribution < -0.4 is 0 Å². The standard InChI is InChI=1S/C6H5ClN2S/c7-6-5-4(1-2-10-5)8-3-9-6/h1-5H. The topological polar surface area (TPSA) is 24.7 Å². The van der Waals surface area contributed by atoms with Gasteiger partial charge in [0.2, 0.25) is 0 Å². The number of hydrogen-bond donors (Lipinski definition) is 0. The monoisotopic (exact) mass is 172 g/mol. The first-order valence-electron chi connectivity index (χ1n) is 2.95. The summed E-state index contributed by atoms with van der Waals surface area (Å²) in [5.74, 6) is 0. The predicted molar refractivity (Wildman–Crippen MR) is 46.1 cm³/mol. The number of hydrogen-bond acceptors (Lipinski definition) is 3. The van der Waals surface area contributed by atoms with Gasteiger partial charge < -0.3 is 0 Å². The summed E-state index contributed by atoms with van der Waals surface area (Å²) < 4.78 is 0. The van der Waals surface area contributed by atoms with Crippen LogP contribution in [0.1, 0.15) is 0 Å². The molecule has 0 amide bonds. The van der Waals surface area contributed by atoms with Crippen molar-refractivity contribution in [2.45, 2.75) is 11.3 Å². The van der Waals surface area contributed by atoms with Crippen LogP contribution in [0.4, 0.5) is 0 Å². The highest BCUT2D eigenvalue weighted by molar-refractivity contribution is 8.03. The minimum atomic E-state index is 0.231. The molecule has 0 radical (unpaired) electrons. The molecule has 2 rings (SSSR count). The summed E-state index contributed by atoms with van der Waals surface area (Å²) >= 11 is 7.49. The Labute approximate surface area is 68.1 Å². The number of nitrogens with zero attached hydrogens (tertiary/aromatic N) is 2. The molecule has 2 nitrogen and oxygen atoms in total. The Bertz CT molecular complexity index is 234. The van der Waals surface area contributed by atoms with Crippen LogP contribution in [0, 0.1) is 0 Å². The van der Waals surface area contributed by atoms with Gasteiger partial charge >= 0.3 is 0 Å². The Morgan fingerprint density at radius 3 is 3.30 bits per heavy atom. The van der Waals surface area contributed by atoms with Gasteiger partial charge in [0.25, 0.3) is 0 Å². The van der Waals surface area contributed by atoms with Crippen molar-refractivity contribution in [1.82, 2.24) is 0 Å². The van der Waals surface area contributed by atoms with Crippen LogP contribution in [-0.2, 0) is 0 Å². The molecule has 0 spiro atoms. The SMILES string of the molecule is ClC1=NC=NC2C=CSC12. The lowest BCUT2D eigenvalue weighted by Crippen LogP contribution is -2.24. The third kappa shape index (κ3) is 0.896. The summed E-state index contributed by atoms with van der Waals surface area (Å²) in [6, 6.07) is 0.231. The molecule has 0 bridgehead atoms. The average molecular weight is 173 g/mol. The van der Waals surface area contributed by atoms with Gasteiger partial charge in [-0.3, -0.25) is 4.99 Å². The fourth-order valence-corrected chi connectivity index (χ4v) is 2.20. The van der Waals surface area contributed by atoms with E-state index >= 15 is 0 Å². The van der Waals surface area contributed by atoms with Crippen molar-refractivity contribution in [3.63, 3.8) is 0 Å². The molecule has 0 aromatic carbocycles. The molecule has 2 atom stereocenters. The van der Waals surface area contributed by atoms with E-state index in [4.69, 9.17) is 11.6 Å². The summed E-state index contributed by atoms with van der Waals surface area (Å²) in [5.41, 5.74) is 0. The smallest absolute Gasteiger partial charge is 0.123 e. The van der Waals surface area contributed by atoms with E-state index in [9.17, 15) is 0 Å². The molecular weight excluding hydrogens is 168 g/mol. The molecule has 0 aromatic heterocycles. The summed E-state index contributed by atoms with van der Waals surface area (Å²) in [6.45, 7) is 0. The zero-order chi connectivity index (χ0) is 6.97. The van der Waals surface area contributed by atoms with Gasteiger partial charge in [-0.05, 0) is 5.41 Å². The first-order chi connectivity index (χ1) is 4.88. The van der Waals surface area contributed by atoms with Crippen molar-refractivity contribution >= 4 is 34.9 Å². The van der Waals surface area contributed by atoms with Crippen molar-refractivity contribution in [2.75, 3.05) is 0 Å². The maximum absolute atomic E-state index is 5.82. The van der Waals surface area contributed by atoms with Gasteiger partial charge in [0, 0.05) is 0 Å². The quantitative estimate of drug-likeness (QED) is 0.546. The minimum absolute atomic E-state index is 0.231. The molecule has 0 fully saturated rings. The van der Waals surface area contributed by atoms with Gasteiger partial charge in [-0.15, -0.1) is 11.8 Å². The average Bonchev–Trinajstić information content (AvgIpc) is 2.36. The molecule has 2 unspecified atom stereocenters. The van der Waals surface area contributed by atoms with E-state index in [0.717, 1.165) is 0 Å². The summed E-state index contributed by atoms with van der Waals surface area (Å²) in [5, 5.41) is 2.94. The molecule has 10 heavy (non-hydrogen) atoms. The van der Waals surface area contributed by atoms with Crippen LogP contribution in [0.25, 0.3) is 0 Å². The first-order valence-corrected chi connectivity index (χ1v) is 4.27. The van der Waals surface area contributed by atoms with Crippen LogP contribution >= 0.6 is 23.4 Å². The normalized spacial score (nSPS) is 35.9. The van der Waals surface area contributed by atoms with E-state index in [0.29, 0.717) is 5.17 Å². The van der Waals surface area contributed by atoms with Gasteiger partial charge in [-0.2, -0.15) is 0 Å². The highest BCUT2D eigenvalue weighted by Gasteiger charge is 2.28. The van der Waals surface area contributed by atoms with Gasteiger partial charge in [0.15, 0.2) is 0 Å². The Kier molecular flexibility index (Phi) is 1.54. The summed E-state index contributed by atoms with van der Waals surface area (Å²) in [7, 11) is 0. The predicted octanol–water partition coefficient (Wildman–Crippen LogP) is 1.66. The van der Waals surface area contributed by atoms with E-state index in [1.807, 2.05) is 11.5 Å². The molecule has 0 aromatic rings. The van der Waals surface area contributed by atoms with E-state index in [1.165, 1.54) is 6.34 Å². The van der Waals surface area contributed by atoms with E-state index in [1.54, 1.807) is 11.8 Å². The zero-order valence-corrected chi connectivity index (χ0v) is 6.64. The maximum atomic E-state index is 5.82. The molecular formula is C6H5ClN2S. The second-order valence-corrected chi connectivity index (χ2v) is 3.53. The van der Waals surface area contributed by atoms with Gasteiger partial charge in [0.1, 0.15) is 11.5 Å². The molecule has 0 saturated carbocycles. The lowest BCUT2D eigenvalue weighted by atomic mass is 10.2. The fraction of sp³-hybridized carbons (Fsp3) is 0.333. The molecule has 2 heterocycles. The van der Waals surface area contributed by atoms with E-state index in [-0.39, 0.29) is 11.3 Å². The number of halogens is 1. The second kappa shape index (κ2) is 2.40. The molecule has 4 heteroatoms. The summed E-state index contributed by atoms with van der Waals surface area (Å²) in [6.07, 6.45) is 3.57. The molecule has 0 aliphatic carbocycles. The number of rotatable bonds is 0. The van der Waals surface area contributed by atoms with Crippen molar-refractivity contribution in [2.24, 2.45) is 9.98 Å². The van der Waals surface area contributed by atoms with Crippen LogP contribution in [0.3, 0.4) is 0 Å². The lowest BCUT2D eigenvalue weighted by molar-refractivity contribution is 0.888. The Hall–Kier alpha value is -0.280. The van der Waals surface area contributed by atoms with Gasteiger partial charge in [-0.25, -0.2) is 4.99 Å².